The maximum Gasteiger partial charge on any atom is 0.224 e. The molecule has 1 amide bonds. The minimum absolute atomic E-state index is 0.0403. The van der Waals surface area contributed by atoms with Crippen LogP contribution in [0.3, 0.4) is 0 Å². The second-order valence-electron chi connectivity index (χ2n) is 4.80. The topological polar surface area (TPSA) is 55.1 Å². The SMILES string of the molecule is CCCCCCCCC(=O)Nc1ccc(F)c(N)c1. The molecule has 0 spiro atoms. The predicted octanol–water partition coefficient (Wildman–Crippen LogP) is 4.10. The lowest BCUT2D eigenvalue weighted by Gasteiger charge is -2.06. The number of nitrogens with one attached hydrogen (secondary N) is 1. The first-order chi connectivity index (χ1) is 9.13. The molecule has 1 aromatic rings. The molecule has 3 nitrogen and oxygen atoms in total. The van der Waals surface area contributed by atoms with E-state index in [1.807, 2.05) is 0 Å². The van der Waals surface area contributed by atoms with Gasteiger partial charge >= 0.3 is 0 Å². The van der Waals surface area contributed by atoms with Crippen molar-refractivity contribution in [2.75, 3.05) is 11.1 Å². The van der Waals surface area contributed by atoms with Gasteiger partial charge in [0.2, 0.25) is 5.91 Å². The Balaban J connectivity index is 2.21. The first-order valence-corrected chi connectivity index (χ1v) is 6.98. The number of benzene rings is 1. The van der Waals surface area contributed by atoms with Crippen LogP contribution in [0.1, 0.15) is 51.9 Å². The van der Waals surface area contributed by atoms with Crippen molar-refractivity contribution in [3.8, 4) is 0 Å². The zero-order chi connectivity index (χ0) is 14.1. The molecule has 0 heterocycles. The summed E-state index contributed by atoms with van der Waals surface area (Å²) in [6.07, 6.45) is 7.40. The normalized spacial score (nSPS) is 10.4. The summed E-state index contributed by atoms with van der Waals surface area (Å²) in [7, 11) is 0. The predicted molar refractivity (Wildman–Crippen MR) is 77.4 cm³/mol. The van der Waals surface area contributed by atoms with E-state index in [9.17, 15) is 9.18 Å². The molecule has 0 aliphatic heterocycles. The van der Waals surface area contributed by atoms with Crippen LogP contribution in [0, 0.1) is 5.82 Å². The minimum atomic E-state index is -0.464. The lowest BCUT2D eigenvalue weighted by Crippen LogP contribution is -2.11. The Morgan fingerprint density at radius 3 is 2.58 bits per heavy atom. The molecule has 0 radical (unpaired) electrons. The summed E-state index contributed by atoms with van der Waals surface area (Å²) in [6, 6.07) is 4.22. The fourth-order valence-corrected chi connectivity index (χ4v) is 1.91. The molecule has 0 aliphatic carbocycles. The second kappa shape index (κ2) is 8.51. The lowest BCUT2D eigenvalue weighted by atomic mass is 10.1. The Labute approximate surface area is 114 Å². The molecule has 0 unspecified atom stereocenters. The van der Waals surface area contributed by atoms with Crippen LogP contribution in [0.4, 0.5) is 15.8 Å². The van der Waals surface area contributed by atoms with E-state index in [-0.39, 0.29) is 11.6 Å². The van der Waals surface area contributed by atoms with E-state index in [1.54, 1.807) is 0 Å². The molecule has 4 heteroatoms. The van der Waals surface area contributed by atoms with Crippen LogP contribution >= 0.6 is 0 Å². The van der Waals surface area contributed by atoms with Crippen LogP contribution in [0.2, 0.25) is 0 Å². The van der Waals surface area contributed by atoms with Crippen LogP contribution < -0.4 is 11.1 Å². The van der Waals surface area contributed by atoms with E-state index in [0.29, 0.717) is 12.1 Å². The maximum atomic E-state index is 12.9. The van der Waals surface area contributed by atoms with Gasteiger partial charge in [0.15, 0.2) is 0 Å². The van der Waals surface area contributed by atoms with Crippen LogP contribution in [-0.4, -0.2) is 5.91 Å². The van der Waals surface area contributed by atoms with Crippen molar-refractivity contribution in [1.82, 2.24) is 0 Å². The summed E-state index contributed by atoms with van der Waals surface area (Å²) in [5.74, 6) is -0.504. The van der Waals surface area contributed by atoms with Gasteiger partial charge in [-0.25, -0.2) is 4.39 Å². The Morgan fingerprint density at radius 1 is 1.21 bits per heavy atom. The summed E-state index contributed by atoms with van der Waals surface area (Å²) in [5, 5.41) is 2.73. The van der Waals surface area contributed by atoms with E-state index in [1.165, 1.54) is 43.9 Å². The Bertz CT molecular complexity index is 407. The number of nitrogens with two attached hydrogens (primary N) is 1. The van der Waals surface area contributed by atoms with Gasteiger partial charge in [-0.3, -0.25) is 4.79 Å². The third kappa shape index (κ3) is 6.22. The zero-order valence-corrected chi connectivity index (χ0v) is 11.5. The molecule has 0 saturated carbocycles. The fraction of sp³-hybridized carbons (Fsp3) is 0.533. The third-order valence-electron chi connectivity index (χ3n) is 3.04. The van der Waals surface area contributed by atoms with Gasteiger partial charge in [0, 0.05) is 12.1 Å². The first-order valence-electron chi connectivity index (χ1n) is 6.98. The number of carbonyl (C=O) groups excluding carboxylic acids is 1. The summed E-state index contributed by atoms with van der Waals surface area (Å²) >= 11 is 0. The molecular weight excluding hydrogens is 243 g/mol. The molecule has 0 saturated heterocycles. The number of halogens is 1. The molecule has 19 heavy (non-hydrogen) atoms. The molecule has 0 aromatic heterocycles. The van der Waals surface area contributed by atoms with Crippen molar-refractivity contribution in [3.05, 3.63) is 24.0 Å². The second-order valence-corrected chi connectivity index (χ2v) is 4.80. The molecule has 0 fully saturated rings. The van der Waals surface area contributed by atoms with Gasteiger partial charge in [0.1, 0.15) is 5.82 Å². The number of nitrogen functional groups attached to an aromatic ring is 1. The number of anilines is 2. The van der Waals surface area contributed by atoms with Crippen molar-refractivity contribution in [2.45, 2.75) is 51.9 Å². The number of carbonyl (C=O) groups is 1. The summed E-state index contributed by atoms with van der Waals surface area (Å²) < 4.78 is 12.9. The van der Waals surface area contributed by atoms with E-state index in [2.05, 4.69) is 12.2 Å². The molecule has 0 bridgehead atoms. The first kappa shape index (κ1) is 15.5. The number of hydrogen-bond acceptors (Lipinski definition) is 2. The van der Waals surface area contributed by atoms with E-state index < -0.39 is 5.82 Å². The van der Waals surface area contributed by atoms with Crippen molar-refractivity contribution in [3.63, 3.8) is 0 Å². The van der Waals surface area contributed by atoms with Crippen LogP contribution in [-0.2, 0) is 4.79 Å². The third-order valence-corrected chi connectivity index (χ3v) is 3.04. The number of unbranched alkanes of at least 4 members (excludes halogenated alkanes) is 5. The van der Waals surface area contributed by atoms with E-state index in [4.69, 9.17) is 5.73 Å². The van der Waals surface area contributed by atoms with Gasteiger partial charge < -0.3 is 11.1 Å². The Hall–Kier alpha value is -1.58. The van der Waals surface area contributed by atoms with Gasteiger partial charge in [-0.05, 0) is 24.6 Å². The van der Waals surface area contributed by atoms with Crippen LogP contribution in [0.5, 0.6) is 0 Å². The lowest BCUT2D eigenvalue weighted by molar-refractivity contribution is -0.116. The molecule has 3 N–H and O–H groups in total. The van der Waals surface area contributed by atoms with Crippen molar-refractivity contribution < 1.29 is 9.18 Å². The molecule has 0 atom stereocenters. The maximum absolute atomic E-state index is 12.9. The van der Waals surface area contributed by atoms with Crippen LogP contribution in [0.25, 0.3) is 0 Å². The van der Waals surface area contributed by atoms with Gasteiger partial charge in [0.05, 0.1) is 5.69 Å². The van der Waals surface area contributed by atoms with Crippen molar-refractivity contribution in [1.29, 1.82) is 0 Å². The van der Waals surface area contributed by atoms with E-state index >= 15 is 0 Å². The molecular formula is C15H23FN2O. The highest BCUT2D eigenvalue weighted by Gasteiger charge is 2.04. The van der Waals surface area contributed by atoms with Crippen LogP contribution in [0.15, 0.2) is 18.2 Å². The average molecular weight is 266 g/mol. The number of amides is 1. The molecule has 1 rings (SSSR count). The average Bonchev–Trinajstić information content (AvgIpc) is 2.38. The Morgan fingerprint density at radius 2 is 1.89 bits per heavy atom. The summed E-state index contributed by atoms with van der Waals surface area (Å²) in [4.78, 5) is 11.7. The largest absolute Gasteiger partial charge is 0.396 e. The summed E-state index contributed by atoms with van der Waals surface area (Å²) in [5.41, 5.74) is 6.04. The standard InChI is InChI=1S/C15H23FN2O/c1-2-3-4-5-6-7-8-15(19)18-12-9-10-13(16)14(17)11-12/h9-11H,2-8,17H2,1H3,(H,18,19). The zero-order valence-electron chi connectivity index (χ0n) is 11.5. The van der Waals surface area contributed by atoms with E-state index in [0.717, 1.165) is 12.8 Å². The smallest absolute Gasteiger partial charge is 0.224 e. The van der Waals surface area contributed by atoms with Gasteiger partial charge in [-0.1, -0.05) is 39.0 Å². The highest BCUT2D eigenvalue weighted by Crippen LogP contribution is 2.16. The van der Waals surface area contributed by atoms with Crippen molar-refractivity contribution >= 4 is 17.3 Å². The van der Waals surface area contributed by atoms with Gasteiger partial charge in [0.25, 0.3) is 0 Å². The number of hydrogen-bond donors (Lipinski definition) is 2. The Kier molecular flexibility index (Phi) is 6.93. The van der Waals surface area contributed by atoms with Gasteiger partial charge in [-0.15, -0.1) is 0 Å². The quantitative estimate of drug-likeness (QED) is 0.550. The highest BCUT2D eigenvalue weighted by molar-refractivity contribution is 5.91. The molecule has 0 aliphatic rings. The fourth-order valence-electron chi connectivity index (χ4n) is 1.91. The molecule has 1 aromatic carbocycles. The minimum Gasteiger partial charge on any atom is -0.396 e. The van der Waals surface area contributed by atoms with Crippen molar-refractivity contribution in [2.24, 2.45) is 0 Å². The molecule has 106 valence electrons. The van der Waals surface area contributed by atoms with Gasteiger partial charge in [-0.2, -0.15) is 0 Å². The highest BCUT2D eigenvalue weighted by atomic mass is 19.1. The monoisotopic (exact) mass is 266 g/mol. The summed E-state index contributed by atoms with van der Waals surface area (Å²) in [6.45, 7) is 2.18. The number of rotatable bonds is 8.